The molecule has 58 heavy (non-hydrogen) atoms. The van der Waals surface area contributed by atoms with E-state index in [2.05, 4.69) is 191 Å². The summed E-state index contributed by atoms with van der Waals surface area (Å²) in [4.78, 5) is 15.8. The molecule has 0 amide bonds. The largest absolute Gasteiger partial charge is 0.279 e. The highest BCUT2D eigenvalue weighted by Crippen LogP contribution is 2.40. The normalized spacial score (nSPS) is 11.8. The smallest absolute Gasteiger partial charge is 0.221 e. The summed E-state index contributed by atoms with van der Waals surface area (Å²) in [5.41, 5.74) is 14.5. The first kappa shape index (κ1) is 32.4. The van der Waals surface area contributed by atoms with Crippen LogP contribution in [0.25, 0.3) is 111 Å². The maximum atomic E-state index is 5.41. The molecule has 0 aliphatic rings. The van der Waals surface area contributed by atoms with Gasteiger partial charge >= 0.3 is 0 Å². The van der Waals surface area contributed by atoms with Crippen LogP contribution in [0.3, 0.4) is 0 Å². The van der Waals surface area contributed by atoms with Crippen molar-refractivity contribution in [1.82, 2.24) is 23.9 Å². The number of hydrogen-bond acceptors (Lipinski definition) is 3. The first-order chi connectivity index (χ1) is 28.7. The SMILES string of the molecule is c1ccc(-c2cc(-c3ccccc3)nc(-c3cccc(-c4ccc5c(c4)c4c6ccccc6ccc4n5-c4nc5ccccc5c5nc6ccccc6n45)c3)c2)cc1. The van der Waals surface area contributed by atoms with Gasteiger partial charge in [0.2, 0.25) is 5.95 Å². The van der Waals surface area contributed by atoms with Crippen molar-refractivity contribution in [1.29, 1.82) is 0 Å². The van der Waals surface area contributed by atoms with Crippen molar-refractivity contribution >= 4 is 60.2 Å². The lowest BCUT2D eigenvalue weighted by Gasteiger charge is -2.13. The molecule has 0 saturated carbocycles. The standard InChI is InChI=1S/C53H33N5/c1-3-14-34(15-4-1)40-32-46(36-17-5-2-6-18-36)54-47(33-40)39-20-13-19-37(30-39)38-27-28-48-43(31-38)51-41-21-8-7-16-35(41)26-29-50(51)57(48)53-56-44-23-10-9-22-42(44)52-55-45-24-11-12-25-49(45)58(52)53/h1-33H. The summed E-state index contributed by atoms with van der Waals surface area (Å²) < 4.78 is 4.55. The number of benzene rings is 8. The van der Waals surface area contributed by atoms with Gasteiger partial charge in [0, 0.05) is 27.3 Å². The molecule has 5 nitrogen and oxygen atoms in total. The number of fused-ring (bicyclic) bond motifs is 10. The van der Waals surface area contributed by atoms with Crippen LogP contribution in [0.5, 0.6) is 0 Å². The monoisotopic (exact) mass is 739 g/mol. The van der Waals surface area contributed by atoms with Crippen LogP contribution < -0.4 is 0 Å². The molecule has 8 aromatic carbocycles. The molecular weight excluding hydrogens is 707 g/mol. The zero-order chi connectivity index (χ0) is 38.2. The molecule has 5 heteroatoms. The Morgan fingerprint density at radius 3 is 1.81 bits per heavy atom. The van der Waals surface area contributed by atoms with E-state index in [9.17, 15) is 0 Å². The number of rotatable bonds is 5. The Morgan fingerprint density at radius 1 is 0.328 bits per heavy atom. The Labute approximate surface area is 333 Å². The van der Waals surface area contributed by atoms with Gasteiger partial charge in [0.05, 0.1) is 39.0 Å². The third kappa shape index (κ3) is 5.07. The zero-order valence-corrected chi connectivity index (χ0v) is 31.3. The van der Waals surface area contributed by atoms with Crippen LogP contribution in [0.2, 0.25) is 0 Å². The molecule has 0 bridgehead atoms. The van der Waals surface area contributed by atoms with E-state index in [0.717, 1.165) is 94.7 Å². The van der Waals surface area contributed by atoms with Crippen molar-refractivity contribution < 1.29 is 0 Å². The van der Waals surface area contributed by atoms with Gasteiger partial charge in [0.15, 0.2) is 0 Å². The van der Waals surface area contributed by atoms with Crippen LogP contribution in [-0.4, -0.2) is 23.9 Å². The Balaban J connectivity index is 1.09. The van der Waals surface area contributed by atoms with E-state index >= 15 is 0 Å². The Bertz CT molecular complexity index is 3510. The highest BCUT2D eigenvalue weighted by molar-refractivity contribution is 6.22. The molecule has 12 aromatic rings. The number of imidazole rings is 1. The van der Waals surface area contributed by atoms with Gasteiger partial charge < -0.3 is 0 Å². The minimum atomic E-state index is 0.811. The van der Waals surface area contributed by atoms with Gasteiger partial charge in [-0.05, 0) is 93.7 Å². The van der Waals surface area contributed by atoms with Gasteiger partial charge in [-0.25, -0.2) is 15.0 Å². The molecule has 0 fully saturated rings. The molecule has 0 atom stereocenters. The number of para-hydroxylation sites is 3. The van der Waals surface area contributed by atoms with Crippen LogP contribution >= 0.6 is 0 Å². The number of nitrogens with zero attached hydrogens (tertiary/aromatic N) is 5. The van der Waals surface area contributed by atoms with E-state index in [1.54, 1.807) is 0 Å². The lowest BCUT2D eigenvalue weighted by molar-refractivity contribution is 0.980. The molecule has 0 saturated heterocycles. The average molecular weight is 740 g/mol. The van der Waals surface area contributed by atoms with E-state index in [4.69, 9.17) is 15.0 Å². The fraction of sp³-hybridized carbons (Fsp3) is 0. The van der Waals surface area contributed by atoms with Crippen molar-refractivity contribution in [3.63, 3.8) is 0 Å². The van der Waals surface area contributed by atoms with Gasteiger partial charge in [-0.15, -0.1) is 0 Å². The number of aromatic nitrogens is 5. The quantitative estimate of drug-likeness (QED) is 0.177. The minimum absolute atomic E-state index is 0.811. The average Bonchev–Trinajstić information content (AvgIpc) is 3.86. The summed E-state index contributed by atoms with van der Waals surface area (Å²) in [6, 6.07) is 70.8. The van der Waals surface area contributed by atoms with E-state index in [0.29, 0.717) is 0 Å². The van der Waals surface area contributed by atoms with Crippen LogP contribution in [-0.2, 0) is 0 Å². The van der Waals surface area contributed by atoms with Crippen molar-refractivity contribution in [2.45, 2.75) is 0 Å². The van der Waals surface area contributed by atoms with Gasteiger partial charge in [-0.3, -0.25) is 8.97 Å². The molecule has 0 aliphatic carbocycles. The summed E-state index contributed by atoms with van der Waals surface area (Å²) in [7, 11) is 0. The summed E-state index contributed by atoms with van der Waals surface area (Å²) in [5.74, 6) is 0.811. The summed E-state index contributed by atoms with van der Waals surface area (Å²) in [6.45, 7) is 0. The Kier molecular flexibility index (Phi) is 7.16. The molecule has 12 rings (SSSR count). The Hall–Kier alpha value is -7.89. The fourth-order valence-electron chi connectivity index (χ4n) is 8.75. The van der Waals surface area contributed by atoms with Gasteiger partial charge in [-0.2, -0.15) is 0 Å². The molecule has 0 unspecified atom stereocenters. The lowest BCUT2D eigenvalue weighted by Crippen LogP contribution is -2.06. The maximum absolute atomic E-state index is 5.41. The maximum Gasteiger partial charge on any atom is 0.221 e. The predicted octanol–water partition coefficient (Wildman–Crippen LogP) is 13.3. The van der Waals surface area contributed by atoms with Crippen molar-refractivity contribution in [3.05, 3.63) is 200 Å². The molecule has 0 spiro atoms. The summed E-state index contributed by atoms with van der Waals surface area (Å²) in [6.07, 6.45) is 0. The van der Waals surface area contributed by atoms with Crippen LogP contribution in [0.15, 0.2) is 200 Å². The zero-order valence-electron chi connectivity index (χ0n) is 31.3. The second kappa shape index (κ2) is 12.8. The number of pyridine rings is 1. The highest BCUT2D eigenvalue weighted by Gasteiger charge is 2.21. The van der Waals surface area contributed by atoms with E-state index in [1.165, 1.54) is 16.2 Å². The third-order valence-corrected chi connectivity index (χ3v) is 11.5. The number of hydrogen-bond donors (Lipinski definition) is 0. The molecular formula is C53H33N5. The fourth-order valence-corrected chi connectivity index (χ4v) is 8.75. The van der Waals surface area contributed by atoms with Crippen molar-refractivity contribution in [3.8, 4) is 50.7 Å². The van der Waals surface area contributed by atoms with Crippen LogP contribution in [0, 0.1) is 0 Å². The molecule has 0 N–H and O–H groups in total. The topological polar surface area (TPSA) is 48.0 Å². The summed E-state index contributed by atoms with van der Waals surface area (Å²) in [5, 5.41) is 5.79. The summed E-state index contributed by atoms with van der Waals surface area (Å²) >= 11 is 0. The predicted molar refractivity (Wildman–Crippen MR) is 239 cm³/mol. The minimum Gasteiger partial charge on any atom is -0.279 e. The first-order valence-electron chi connectivity index (χ1n) is 19.6. The van der Waals surface area contributed by atoms with E-state index in [1.807, 2.05) is 18.2 Å². The molecule has 4 heterocycles. The molecule has 4 aromatic heterocycles. The van der Waals surface area contributed by atoms with Crippen molar-refractivity contribution in [2.75, 3.05) is 0 Å². The van der Waals surface area contributed by atoms with Crippen LogP contribution in [0.4, 0.5) is 0 Å². The van der Waals surface area contributed by atoms with Gasteiger partial charge in [-0.1, -0.05) is 140 Å². The van der Waals surface area contributed by atoms with Gasteiger partial charge in [0.25, 0.3) is 0 Å². The lowest BCUT2D eigenvalue weighted by atomic mass is 9.96. The van der Waals surface area contributed by atoms with E-state index < -0.39 is 0 Å². The Morgan fingerprint density at radius 2 is 0.966 bits per heavy atom. The molecule has 270 valence electrons. The van der Waals surface area contributed by atoms with Gasteiger partial charge in [0.1, 0.15) is 5.65 Å². The molecule has 0 aliphatic heterocycles. The third-order valence-electron chi connectivity index (χ3n) is 11.5. The second-order valence-corrected chi connectivity index (χ2v) is 14.9. The second-order valence-electron chi connectivity index (χ2n) is 14.9. The van der Waals surface area contributed by atoms with Crippen molar-refractivity contribution in [2.24, 2.45) is 0 Å². The van der Waals surface area contributed by atoms with Crippen LogP contribution in [0.1, 0.15) is 0 Å². The highest BCUT2D eigenvalue weighted by atomic mass is 15.2. The van der Waals surface area contributed by atoms with E-state index in [-0.39, 0.29) is 0 Å². The molecule has 0 radical (unpaired) electrons. The first-order valence-corrected chi connectivity index (χ1v) is 19.6.